The van der Waals surface area contributed by atoms with Gasteiger partial charge in [0.1, 0.15) is 29.2 Å². The molecule has 0 unspecified atom stereocenters. The summed E-state index contributed by atoms with van der Waals surface area (Å²) in [6.45, 7) is 1.32. The molecule has 3 aromatic rings. The SMILES string of the molecule is Cc1cc(-c2c[nH+]c(/C(=C\C(N)=Nc3ccccc3F)NCCC(F)(F)F)[nH]2)ccc1C(N)=O. The van der Waals surface area contributed by atoms with Gasteiger partial charge in [-0.25, -0.2) is 19.4 Å². The lowest BCUT2D eigenvalue weighted by Crippen LogP contribution is -2.25. The van der Waals surface area contributed by atoms with Gasteiger partial charge in [0, 0.05) is 23.7 Å². The number of halogens is 4. The number of H-pyrrole nitrogens is 2. The zero-order chi connectivity index (χ0) is 24.9. The van der Waals surface area contributed by atoms with Crippen LogP contribution in [0.1, 0.15) is 28.2 Å². The molecule has 0 fully saturated rings. The highest BCUT2D eigenvalue weighted by atomic mass is 19.4. The van der Waals surface area contributed by atoms with Crippen molar-refractivity contribution in [2.45, 2.75) is 19.5 Å². The van der Waals surface area contributed by atoms with E-state index in [1.54, 1.807) is 37.4 Å². The number of nitrogens with two attached hydrogens (primary N) is 2. The lowest BCUT2D eigenvalue weighted by Gasteiger charge is -2.09. The average molecular weight is 475 g/mol. The Bertz CT molecular complexity index is 1250. The van der Waals surface area contributed by atoms with Crippen molar-refractivity contribution in [3.8, 4) is 11.3 Å². The lowest BCUT2D eigenvalue weighted by molar-refractivity contribution is -0.379. The van der Waals surface area contributed by atoms with Crippen LogP contribution in [0.3, 0.4) is 0 Å². The van der Waals surface area contributed by atoms with Crippen LogP contribution in [0.4, 0.5) is 23.2 Å². The van der Waals surface area contributed by atoms with Crippen LogP contribution in [0, 0.1) is 12.7 Å². The second-order valence-electron chi connectivity index (χ2n) is 7.43. The minimum atomic E-state index is -4.35. The van der Waals surface area contributed by atoms with Gasteiger partial charge in [-0.05, 0) is 42.8 Å². The molecule has 1 amide bonds. The van der Waals surface area contributed by atoms with Crippen molar-refractivity contribution in [2.75, 3.05) is 6.54 Å². The smallest absolute Gasteiger partial charge is 0.384 e. The molecule has 3 rings (SSSR count). The maximum absolute atomic E-state index is 13.9. The molecule has 11 heteroatoms. The molecule has 0 saturated carbocycles. The maximum atomic E-state index is 13.9. The fourth-order valence-electron chi connectivity index (χ4n) is 3.17. The summed E-state index contributed by atoms with van der Waals surface area (Å²) < 4.78 is 51.9. The number of nitrogens with zero attached hydrogens (tertiary/aromatic N) is 1. The molecule has 7 N–H and O–H groups in total. The molecule has 2 aromatic carbocycles. The van der Waals surface area contributed by atoms with E-state index in [1.165, 1.54) is 24.3 Å². The number of hydrogen-bond acceptors (Lipinski definition) is 3. The van der Waals surface area contributed by atoms with Gasteiger partial charge in [0.15, 0.2) is 5.69 Å². The first kappa shape index (κ1) is 24.5. The predicted octanol–water partition coefficient (Wildman–Crippen LogP) is 3.61. The van der Waals surface area contributed by atoms with Crippen molar-refractivity contribution in [3.05, 3.63) is 77.5 Å². The van der Waals surface area contributed by atoms with Gasteiger partial charge in [-0.15, -0.1) is 0 Å². The number of imidazole rings is 1. The van der Waals surface area contributed by atoms with Gasteiger partial charge in [-0.2, -0.15) is 13.2 Å². The number of aliphatic imine (C=N–C) groups is 1. The Morgan fingerprint density at radius 2 is 1.94 bits per heavy atom. The molecule has 0 aliphatic carbocycles. The topological polar surface area (TPSA) is 123 Å². The number of primary amides is 1. The van der Waals surface area contributed by atoms with E-state index in [0.29, 0.717) is 28.2 Å². The van der Waals surface area contributed by atoms with Crippen LogP contribution in [0.2, 0.25) is 0 Å². The first-order chi connectivity index (χ1) is 16.0. The first-order valence-electron chi connectivity index (χ1n) is 10.2. The summed E-state index contributed by atoms with van der Waals surface area (Å²) in [4.78, 5) is 21.5. The molecule has 0 radical (unpaired) electrons. The average Bonchev–Trinajstić information content (AvgIpc) is 3.24. The van der Waals surface area contributed by atoms with E-state index in [0.717, 1.165) is 0 Å². The number of alkyl halides is 3. The number of rotatable bonds is 8. The van der Waals surface area contributed by atoms with Crippen molar-refractivity contribution in [3.63, 3.8) is 0 Å². The third kappa shape index (κ3) is 6.44. The van der Waals surface area contributed by atoms with Gasteiger partial charge in [0.05, 0.1) is 6.42 Å². The normalized spacial score (nSPS) is 12.6. The van der Waals surface area contributed by atoms with Gasteiger partial charge >= 0.3 is 12.0 Å². The molecule has 1 aromatic heterocycles. The molecular formula is C23H23F4N6O+. The summed E-state index contributed by atoms with van der Waals surface area (Å²) in [5.41, 5.74) is 13.8. The van der Waals surface area contributed by atoms with Crippen LogP contribution in [-0.2, 0) is 0 Å². The Kier molecular flexibility index (Phi) is 7.34. The van der Waals surface area contributed by atoms with E-state index < -0.39 is 30.9 Å². The Morgan fingerprint density at radius 3 is 2.59 bits per heavy atom. The van der Waals surface area contributed by atoms with E-state index in [1.807, 2.05) is 0 Å². The number of nitrogens with one attached hydrogen (secondary N) is 3. The van der Waals surface area contributed by atoms with Gasteiger partial charge in [0.25, 0.3) is 0 Å². The fraction of sp³-hybridized carbons (Fsp3) is 0.174. The summed E-state index contributed by atoms with van der Waals surface area (Å²) >= 11 is 0. The standard InChI is InChI=1S/C23H22F4N6O/c1-13-10-14(6-7-15(13)21(29)34)19-12-31-22(33-19)18(30-9-8-23(25,26)27)11-20(28)32-17-5-3-2-4-16(17)24/h2-7,10-12,30H,8-9H2,1H3,(H2,28,32)(H2,29,34)(H,31,33)/p+1/b18-11+. The number of aromatic amines is 2. The number of aromatic nitrogens is 2. The highest BCUT2D eigenvalue weighted by Gasteiger charge is 2.27. The number of carbonyl (C=O) groups excluding carboxylic acids is 1. The Balaban J connectivity index is 1.93. The summed E-state index contributed by atoms with van der Waals surface area (Å²) in [5, 5.41) is 2.69. The number of aryl methyl sites for hydroxylation is 1. The highest BCUT2D eigenvalue weighted by molar-refractivity contribution is 5.98. The number of carbonyl (C=O) groups is 1. The van der Waals surface area contributed by atoms with Crippen LogP contribution in [0.15, 0.2) is 59.7 Å². The predicted molar refractivity (Wildman–Crippen MR) is 120 cm³/mol. The first-order valence-corrected chi connectivity index (χ1v) is 10.2. The van der Waals surface area contributed by atoms with E-state index in [-0.39, 0.29) is 17.2 Å². The summed E-state index contributed by atoms with van der Waals surface area (Å²) in [5.74, 6) is -0.938. The summed E-state index contributed by atoms with van der Waals surface area (Å²) in [6, 6.07) is 10.7. The molecule has 0 bridgehead atoms. The van der Waals surface area contributed by atoms with Crippen molar-refractivity contribution in [1.29, 1.82) is 0 Å². The monoisotopic (exact) mass is 475 g/mol. The van der Waals surface area contributed by atoms with Crippen LogP contribution in [0.25, 0.3) is 17.0 Å². The molecule has 1 heterocycles. The number of benzene rings is 2. The van der Waals surface area contributed by atoms with Gasteiger partial charge in [0.2, 0.25) is 5.91 Å². The molecule has 34 heavy (non-hydrogen) atoms. The third-order valence-corrected chi connectivity index (χ3v) is 4.81. The minimum Gasteiger partial charge on any atom is -0.384 e. The molecule has 0 atom stereocenters. The number of para-hydroxylation sites is 1. The number of amides is 1. The zero-order valence-corrected chi connectivity index (χ0v) is 18.1. The van der Waals surface area contributed by atoms with E-state index >= 15 is 0 Å². The van der Waals surface area contributed by atoms with Crippen LogP contribution in [0.5, 0.6) is 0 Å². The molecule has 178 valence electrons. The van der Waals surface area contributed by atoms with Crippen molar-refractivity contribution in [1.82, 2.24) is 10.3 Å². The fourth-order valence-corrected chi connectivity index (χ4v) is 3.17. The van der Waals surface area contributed by atoms with Crippen LogP contribution in [-0.4, -0.2) is 29.4 Å². The lowest BCUT2D eigenvalue weighted by atomic mass is 10.0. The molecule has 0 spiro atoms. The molecule has 7 nitrogen and oxygen atoms in total. The second kappa shape index (κ2) is 10.2. The van der Waals surface area contributed by atoms with Crippen molar-refractivity contribution >= 4 is 23.1 Å². The Morgan fingerprint density at radius 1 is 1.21 bits per heavy atom. The van der Waals surface area contributed by atoms with E-state index in [2.05, 4.69) is 20.3 Å². The third-order valence-electron chi connectivity index (χ3n) is 4.81. The summed E-state index contributed by atoms with van der Waals surface area (Å²) in [7, 11) is 0. The van der Waals surface area contributed by atoms with Crippen molar-refractivity contribution in [2.24, 2.45) is 16.5 Å². The Labute approximate surface area is 192 Å². The maximum Gasteiger partial charge on any atom is 0.390 e. The van der Waals surface area contributed by atoms with Crippen molar-refractivity contribution < 1.29 is 27.3 Å². The number of amidine groups is 1. The minimum absolute atomic E-state index is 0.00735. The van der Waals surface area contributed by atoms with E-state index in [9.17, 15) is 22.4 Å². The molecule has 0 saturated heterocycles. The molecule has 0 aliphatic rings. The van der Waals surface area contributed by atoms with Gasteiger partial charge < -0.3 is 16.8 Å². The molecular weight excluding hydrogens is 452 g/mol. The summed E-state index contributed by atoms with van der Waals surface area (Å²) in [6.07, 6.45) is -2.51. The zero-order valence-electron chi connectivity index (χ0n) is 18.1. The van der Waals surface area contributed by atoms with Crippen LogP contribution < -0.4 is 21.8 Å². The highest BCUT2D eigenvalue weighted by Crippen LogP contribution is 2.22. The largest absolute Gasteiger partial charge is 0.390 e. The quantitative estimate of drug-likeness (QED) is 0.226. The van der Waals surface area contributed by atoms with E-state index in [4.69, 9.17) is 11.5 Å². The molecule has 0 aliphatic heterocycles. The second-order valence-corrected chi connectivity index (χ2v) is 7.43. The Hall–Kier alpha value is -4.15. The van der Waals surface area contributed by atoms with Gasteiger partial charge in [-0.1, -0.05) is 12.1 Å². The van der Waals surface area contributed by atoms with Gasteiger partial charge in [-0.3, -0.25) is 4.79 Å². The van der Waals surface area contributed by atoms with Crippen LogP contribution >= 0.6 is 0 Å². The number of hydrogen-bond donors (Lipinski definition) is 4.